The summed E-state index contributed by atoms with van der Waals surface area (Å²) in [6, 6.07) is 19.7. The molecule has 0 aromatic heterocycles. The highest BCUT2D eigenvalue weighted by Crippen LogP contribution is 2.32. The summed E-state index contributed by atoms with van der Waals surface area (Å²) in [4.78, 5) is 0. The SMILES string of the molecule is C#CCOc1ccc2ccccc2c1/C=C(/C#N)c1ccccc1F. The molecule has 0 bridgehead atoms. The highest BCUT2D eigenvalue weighted by atomic mass is 19.1. The van der Waals surface area contributed by atoms with Crippen LogP contribution in [0, 0.1) is 29.5 Å². The summed E-state index contributed by atoms with van der Waals surface area (Å²) in [5.74, 6) is 2.54. The number of halogens is 1. The summed E-state index contributed by atoms with van der Waals surface area (Å²) < 4.78 is 19.7. The second-order valence-electron chi connectivity index (χ2n) is 5.34. The van der Waals surface area contributed by atoms with Crippen molar-refractivity contribution in [3.8, 4) is 24.2 Å². The fourth-order valence-corrected chi connectivity index (χ4v) is 2.66. The number of benzene rings is 3. The monoisotopic (exact) mass is 327 g/mol. The van der Waals surface area contributed by atoms with Crippen LogP contribution in [0.2, 0.25) is 0 Å². The van der Waals surface area contributed by atoms with Gasteiger partial charge in [0.05, 0.1) is 11.6 Å². The molecular formula is C22H14FNO. The van der Waals surface area contributed by atoms with Crippen LogP contribution in [0.1, 0.15) is 11.1 Å². The van der Waals surface area contributed by atoms with Gasteiger partial charge >= 0.3 is 0 Å². The van der Waals surface area contributed by atoms with E-state index in [1.165, 1.54) is 6.07 Å². The van der Waals surface area contributed by atoms with E-state index in [1.54, 1.807) is 24.3 Å². The first-order valence-corrected chi connectivity index (χ1v) is 7.69. The Hall–Kier alpha value is -3.56. The lowest BCUT2D eigenvalue weighted by Gasteiger charge is -2.11. The average molecular weight is 327 g/mol. The van der Waals surface area contributed by atoms with Gasteiger partial charge in [0.25, 0.3) is 0 Å². The van der Waals surface area contributed by atoms with Crippen molar-refractivity contribution in [2.45, 2.75) is 0 Å². The van der Waals surface area contributed by atoms with E-state index in [-0.39, 0.29) is 17.7 Å². The summed E-state index contributed by atoms with van der Waals surface area (Å²) >= 11 is 0. The molecule has 0 unspecified atom stereocenters. The molecule has 3 aromatic carbocycles. The van der Waals surface area contributed by atoms with Crippen LogP contribution < -0.4 is 4.74 Å². The molecule has 0 N–H and O–H groups in total. The fraction of sp³-hybridized carbons (Fsp3) is 0.0455. The third kappa shape index (κ3) is 3.37. The van der Waals surface area contributed by atoms with Gasteiger partial charge in [-0.25, -0.2) is 4.39 Å². The van der Waals surface area contributed by atoms with E-state index in [0.29, 0.717) is 11.3 Å². The molecule has 0 atom stereocenters. The van der Waals surface area contributed by atoms with Crippen LogP contribution in [-0.2, 0) is 0 Å². The summed E-state index contributed by atoms with van der Waals surface area (Å²) in [5, 5.41) is 11.4. The molecule has 0 spiro atoms. The Labute approximate surface area is 145 Å². The van der Waals surface area contributed by atoms with E-state index in [2.05, 4.69) is 12.0 Å². The largest absolute Gasteiger partial charge is 0.480 e. The Morgan fingerprint density at radius 1 is 1.08 bits per heavy atom. The molecule has 3 aromatic rings. The Balaban J connectivity index is 2.24. The topological polar surface area (TPSA) is 33.0 Å². The van der Waals surface area contributed by atoms with Crippen molar-refractivity contribution in [2.75, 3.05) is 6.61 Å². The second kappa shape index (κ2) is 7.34. The zero-order valence-corrected chi connectivity index (χ0v) is 13.4. The predicted molar refractivity (Wildman–Crippen MR) is 98.2 cm³/mol. The lowest BCUT2D eigenvalue weighted by atomic mass is 9.98. The summed E-state index contributed by atoms with van der Waals surface area (Å²) in [7, 11) is 0. The van der Waals surface area contributed by atoms with Gasteiger partial charge in [0.15, 0.2) is 0 Å². The van der Waals surface area contributed by atoms with Crippen molar-refractivity contribution in [1.29, 1.82) is 5.26 Å². The molecular weight excluding hydrogens is 313 g/mol. The number of nitriles is 1. The zero-order chi connectivity index (χ0) is 17.6. The first kappa shape index (κ1) is 16.3. The number of hydrogen-bond donors (Lipinski definition) is 0. The molecule has 25 heavy (non-hydrogen) atoms. The molecule has 2 nitrogen and oxygen atoms in total. The normalized spacial score (nSPS) is 10.9. The summed E-state index contributed by atoms with van der Waals surface area (Å²) in [5.41, 5.74) is 1.17. The minimum atomic E-state index is -0.443. The maximum absolute atomic E-state index is 14.1. The standard InChI is InChI=1S/C22H14FNO/c1-2-13-25-22-12-11-16-7-3-4-8-18(16)20(22)14-17(15-24)19-9-5-6-10-21(19)23/h1,3-12,14H,13H2/b17-14-. The number of terminal acetylenes is 1. The molecule has 3 rings (SSSR count). The number of nitrogens with zero attached hydrogens (tertiary/aromatic N) is 1. The highest BCUT2D eigenvalue weighted by Gasteiger charge is 2.11. The van der Waals surface area contributed by atoms with Crippen LogP contribution in [0.15, 0.2) is 60.7 Å². The van der Waals surface area contributed by atoms with Gasteiger partial charge in [-0.05, 0) is 29.0 Å². The number of hydrogen-bond acceptors (Lipinski definition) is 2. The Bertz CT molecular complexity index is 1040. The van der Waals surface area contributed by atoms with Crippen LogP contribution in [0.4, 0.5) is 4.39 Å². The predicted octanol–water partition coefficient (Wildman–Crippen LogP) is 5.06. The number of rotatable bonds is 4. The molecule has 0 fully saturated rings. The van der Waals surface area contributed by atoms with Gasteiger partial charge < -0.3 is 4.74 Å². The van der Waals surface area contributed by atoms with Gasteiger partial charge in [0.2, 0.25) is 0 Å². The van der Waals surface area contributed by atoms with Crippen LogP contribution in [-0.4, -0.2) is 6.61 Å². The van der Waals surface area contributed by atoms with Gasteiger partial charge in [-0.1, -0.05) is 54.5 Å². The fourth-order valence-electron chi connectivity index (χ4n) is 2.66. The van der Waals surface area contributed by atoms with Crippen molar-refractivity contribution in [1.82, 2.24) is 0 Å². The summed E-state index contributed by atoms with van der Waals surface area (Å²) in [6.45, 7) is 0.112. The first-order chi connectivity index (χ1) is 12.2. The third-order valence-corrected chi connectivity index (χ3v) is 3.81. The number of fused-ring (bicyclic) bond motifs is 1. The molecule has 3 heteroatoms. The Morgan fingerprint density at radius 3 is 2.60 bits per heavy atom. The van der Waals surface area contributed by atoms with E-state index < -0.39 is 5.82 Å². The number of allylic oxidation sites excluding steroid dienone is 1. The van der Waals surface area contributed by atoms with Gasteiger partial charge in [-0.2, -0.15) is 5.26 Å². The van der Waals surface area contributed by atoms with Crippen molar-refractivity contribution >= 4 is 22.4 Å². The second-order valence-corrected chi connectivity index (χ2v) is 5.34. The van der Waals surface area contributed by atoms with Gasteiger partial charge in [-0.3, -0.25) is 0 Å². The molecule has 0 saturated heterocycles. The highest BCUT2D eigenvalue weighted by molar-refractivity contribution is 6.00. The average Bonchev–Trinajstić information content (AvgIpc) is 2.65. The lowest BCUT2D eigenvalue weighted by molar-refractivity contribution is 0.370. The Kier molecular flexibility index (Phi) is 4.79. The van der Waals surface area contributed by atoms with Crippen LogP contribution in [0.5, 0.6) is 5.75 Å². The zero-order valence-electron chi connectivity index (χ0n) is 13.4. The van der Waals surface area contributed by atoms with E-state index in [4.69, 9.17) is 11.2 Å². The molecule has 0 heterocycles. The molecule has 0 aliphatic carbocycles. The van der Waals surface area contributed by atoms with E-state index in [0.717, 1.165) is 10.8 Å². The third-order valence-electron chi connectivity index (χ3n) is 3.81. The molecule has 0 aliphatic heterocycles. The molecule has 120 valence electrons. The maximum Gasteiger partial charge on any atom is 0.148 e. The quantitative estimate of drug-likeness (QED) is 0.381. The minimum absolute atomic E-state index is 0.112. The first-order valence-electron chi connectivity index (χ1n) is 7.69. The van der Waals surface area contributed by atoms with E-state index in [9.17, 15) is 9.65 Å². The lowest BCUT2D eigenvalue weighted by Crippen LogP contribution is -1.97. The van der Waals surface area contributed by atoms with Crippen LogP contribution >= 0.6 is 0 Å². The van der Waals surface area contributed by atoms with Crippen molar-refractivity contribution in [3.63, 3.8) is 0 Å². The molecule has 0 radical (unpaired) electrons. The molecule has 0 amide bonds. The van der Waals surface area contributed by atoms with Crippen LogP contribution in [0.3, 0.4) is 0 Å². The summed E-state index contributed by atoms with van der Waals surface area (Å²) in [6.07, 6.45) is 6.93. The minimum Gasteiger partial charge on any atom is -0.480 e. The Morgan fingerprint density at radius 2 is 1.84 bits per heavy atom. The van der Waals surface area contributed by atoms with E-state index >= 15 is 0 Å². The van der Waals surface area contributed by atoms with E-state index in [1.807, 2.05) is 36.4 Å². The smallest absolute Gasteiger partial charge is 0.148 e. The van der Waals surface area contributed by atoms with Crippen LogP contribution in [0.25, 0.3) is 22.4 Å². The molecule has 0 aliphatic rings. The maximum atomic E-state index is 14.1. The van der Waals surface area contributed by atoms with Gasteiger partial charge in [-0.15, -0.1) is 6.42 Å². The van der Waals surface area contributed by atoms with Gasteiger partial charge in [0.1, 0.15) is 18.2 Å². The van der Waals surface area contributed by atoms with Gasteiger partial charge in [0, 0.05) is 11.1 Å². The van der Waals surface area contributed by atoms with Crippen molar-refractivity contribution in [2.24, 2.45) is 0 Å². The van der Waals surface area contributed by atoms with Crippen molar-refractivity contribution in [3.05, 3.63) is 77.6 Å². The van der Waals surface area contributed by atoms with Crippen molar-refractivity contribution < 1.29 is 9.13 Å². The number of ether oxygens (including phenoxy) is 1. The molecule has 0 saturated carbocycles.